The molecule has 3 N–H and O–H groups in total. The second-order valence-electron chi connectivity index (χ2n) is 4.17. The molecule has 0 heterocycles. The summed E-state index contributed by atoms with van der Waals surface area (Å²) in [4.78, 5) is 0. The Morgan fingerprint density at radius 1 is 1.00 bits per heavy atom. The molecule has 0 fully saturated rings. The molecular weight excluding hydrogens is 172 g/mol. The zero-order chi connectivity index (χ0) is 10.6. The number of unbranched alkanes of at least 4 members (excludes halogenated alkanes) is 4. The summed E-state index contributed by atoms with van der Waals surface area (Å²) >= 11 is 0. The standard InChI is InChI=1S/C12H28N2/c1-3-5-7-8-10-14-11-12(13)9-6-4-2/h12,14H,3-11,13H2,1-2H3. The molecule has 0 aliphatic carbocycles. The number of hydrogen-bond acceptors (Lipinski definition) is 2. The van der Waals surface area contributed by atoms with Gasteiger partial charge in [0.15, 0.2) is 0 Å². The second-order valence-corrected chi connectivity index (χ2v) is 4.17. The third kappa shape index (κ3) is 10.0. The fourth-order valence-corrected chi connectivity index (χ4v) is 1.53. The Kier molecular flexibility index (Phi) is 10.9. The highest BCUT2D eigenvalue weighted by Gasteiger charge is 1.99. The molecule has 2 heteroatoms. The van der Waals surface area contributed by atoms with E-state index >= 15 is 0 Å². The van der Waals surface area contributed by atoms with Crippen molar-refractivity contribution in [2.24, 2.45) is 5.73 Å². The number of nitrogens with one attached hydrogen (secondary N) is 1. The monoisotopic (exact) mass is 200 g/mol. The molecule has 0 radical (unpaired) electrons. The summed E-state index contributed by atoms with van der Waals surface area (Å²) in [6.07, 6.45) is 9.02. The molecule has 0 aromatic carbocycles. The van der Waals surface area contributed by atoms with Gasteiger partial charge in [-0.2, -0.15) is 0 Å². The fraction of sp³-hybridized carbons (Fsp3) is 1.00. The van der Waals surface area contributed by atoms with Gasteiger partial charge in [-0.05, 0) is 19.4 Å². The number of nitrogens with two attached hydrogens (primary N) is 1. The van der Waals surface area contributed by atoms with Gasteiger partial charge in [0.25, 0.3) is 0 Å². The van der Waals surface area contributed by atoms with E-state index in [9.17, 15) is 0 Å². The van der Waals surface area contributed by atoms with Crippen LogP contribution in [0.5, 0.6) is 0 Å². The highest BCUT2D eigenvalue weighted by Crippen LogP contribution is 1.98. The van der Waals surface area contributed by atoms with E-state index in [0.29, 0.717) is 6.04 Å². The van der Waals surface area contributed by atoms with Crippen LogP contribution in [0, 0.1) is 0 Å². The Morgan fingerprint density at radius 3 is 2.36 bits per heavy atom. The summed E-state index contributed by atoms with van der Waals surface area (Å²) in [6, 6.07) is 0.362. The van der Waals surface area contributed by atoms with Gasteiger partial charge in [-0.1, -0.05) is 46.0 Å². The van der Waals surface area contributed by atoms with Gasteiger partial charge in [-0.15, -0.1) is 0 Å². The molecule has 0 saturated heterocycles. The first kappa shape index (κ1) is 13.9. The lowest BCUT2D eigenvalue weighted by molar-refractivity contribution is 0.511. The molecule has 0 aromatic heterocycles. The van der Waals surface area contributed by atoms with Crippen molar-refractivity contribution in [1.29, 1.82) is 0 Å². The van der Waals surface area contributed by atoms with Crippen LogP contribution in [0.3, 0.4) is 0 Å². The fourth-order valence-electron chi connectivity index (χ4n) is 1.53. The molecule has 0 saturated carbocycles. The van der Waals surface area contributed by atoms with Crippen molar-refractivity contribution in [1.82, 2.24) is 5.32 Å². The molecule has 14 heavy (non-hydrogen) atoms. The summed E-state index contributed by atoms with van der Waals surface area (Å²) in [5, 5.41) is 3.43. The molecule has 0 bridgehead atoms. The van der Waals surface area contributed by atoms with Crippen LogP contribution in [-0.2, 0) is 0 Å². The molecule has 0 aromatic rings. The third-order valence-corrected chi connectivity index (χ3v) is 2.54. The molecule has 0 spiro atoms. The van der Waals surface area contributed by atoms with Gasteiger partial charge in [0.05, 0.1) is 0 Å². The van der Waals surface area contributed by atoms with Crippen molar-refractivity contribution in [3.05, 3.63) is 0 Å². The molecule has 0 amide bonds. The highest BCUT2D eigenvalue weighted by atomic mass is 14.9. The lowest BCUT2D eigenvalue weighted by atomic mass is 10.1. The van der Waals surface area contributed by atoms with Crippen molar-refractivity contribution in [3.8, 4) is 0 Å². The third-order valence-electron chi connectivity index (χ3n) is 2.54. The van der Waals surface area contributed by atoms with Crippen molar-refractivity contribution in [2.75, 3.05) is 13.1 Å². The lowest BCUT2D eigenvalue weighted by Gasteiger charge is -2.11. The first-order valence-electron chi connectivity index (χ1n) is 6.27. The van der Waals surface area contributed by atoms with Crippen LogP contribution in [0.4, 0.5) is 0 Å². The van der Waals surface area contributed by atoms with Crippen LogP contribution in [-0.4, -0.2) is 19.1 Å². The van der Waals surface area contributed by atoms with Gasteiger partial charge in [-0.25, -0.2) is 0 Å². The number of hydrogen-bond donors (Lipinski definition) is 2. The average molecular weight is 200 g/mol. The van der Waals surface area contributed by atoms with Crippen LogP contribution >= 0.6 is 0 Å². The second kappa shape index (κ2) is 11.0. The van der Waals surface area contributed by atoms with Crippen molar-refractivity contribution in [3.63, 3.8) is 0 Å². The van der Waals surface area contributed by atoms with Gasteiger partial charge in [0.2, 0.25) is 0 Å². The zero-order valence-corrected chi connectivity index (χ0v) is 10.0. The summed E-state index contributed by atoms with van der Waals surface area (Å²) in [6.45, 7) is 6.59. The van der Waals surface area contributed by atoms with E-state index in [0.717, 1.165) is 13.1 Å². The van der Waals surface area contributed by atoms with Crippen molar-refractivity contribution >= 4 is 0 Å². The maximum Gasteiger partial charge on any atom is 0.0165 e. The Labute approximate surface area is 89.6 Å². The molecule has 86 valence electrons. The molecule has 0 aliphatic heterocycles. The quantitative estimate of drug-likeness (QED) is 0.532. The summed E-state index contributed by atoms with van der Waals surface area (Å²) in [5.74, 6) is 0. The van der Waals surface area contributed by atoms with E-state index in [4.69, 9.17) is 5.73 Å². The molecule has 2 nitrogen and oxygen atoms in total. The molecule has 1 atom stereocenters. The summed E-state index contributed by atoms with van der Waals surface area (Å²) < 4.78 is 0. The van der Waals surface area contributed by atoms with E-state index in [2.05, 4.69) is 19.2 Å². The largest absolute Gasteiger partial charge is 0.327 e. The minimum Gasteiger partial charge on any atom is -0.327 e. The van der Waals surface area contributed by atoms with E-state index in [1.54, 1.807) is 0 Å². The maximum atomic E-state index is 5.94. The minimum absolute atomic E-state index is 0.362. The minimum atomic E-state index is 0.362. The van der Waals surface area contributed by atoms with Gasteiger partial charge in [0, 0.05) is 12.6 Å². The Bertz CT molecular complexity index is 104. The van der Waals surface area contributed by atoms with E-state index in [1.807, 2.05) is 0 Å². The van der Waals surface area contributed by atoms with E-state index in [1.165, 1.54) is 44.9 Å². The average Bonchev–Trinajstić information content (AvgIpc) is 2.20. The molecular formula is C12H28N2. The van der Waals surface area contributed by atoms with Crippen LogP contribution in [0.15, 0.2) is 0 Å². The van der Waals surface area contributed by atoms with Gasteiger partial charge in [0.1, 0.15) is 0 Å². The van der Waals surface area contributed by atoms with Crippen LogP contribution in [0.2, 0.25) is 0 Å². The van der Waals surface area contributed by atoms with E-state index < -0.39 is 0 Å². The number of rotatable bonds is 10. The van der Waals surface area contributed by atoms with Crippen molar-refractivity contribution in [2.45, 2.75) is 64.8 Å². The highest BCUT2D eigenvalue weighted by molar-refractivity contribution is 4.64. The predicted octanol–water partition coefficient (Wildman–Crippen LogP) is 2.67. The maximum absolute atomic E-state index is 5.94. The van der Waals surface area contributed by atoms with Crippen molar-refractivity contribution < 1.29 is 0 Å². The normalized spacial score (nSPS) is 13.1. The SMILES string of the molecule is CCCCCCNCC(N)CCCC. The summed E-state index contributed by atoms with van der Waals surface area (Å²) in [7, 11) is 0. The zero-order valence-electron chi connectivity index (χ0n) is 10.0. The first-order chi connectivity index (χ1) is 6.81. The van der Waals surface area contributed by atoms with Crippen LogP contribution in [0.1, 0.15) is 58.8 Å². The van der Waals surface area contributed by atoms with Crippen LogP contribution in [0.25, 0.3) is 0 Å². The Balaban J connectivity index is 3.02. The smallest absolute Gasteiger partial charge is 0.0165 e. The van der Waals surface area contributed by atoms with Crippen LogP contribution < -0.4 is 11.1 Å². The van der Waals surface area contributed by atoms with E-state index in [-0.39, 0.29) is 0 Å². The topological polar surface area (TPSA) is 38.0 Å². The Hall–Kier alpha value is -0.0800. The first-order valence-corrected chi connectivity index (χ1v) is 6.27. The summed E-state index contributed by atoms with van der Waals surface area (Å²) in [5.41, 5.74) is 5.94. The van der Waals surface area contributed by atoms with Gasteiger partial charge in [-0.3, -0.25) is 0 Å². The van der Waals surface area contributed by atoms with Gasteiger partial charge >= 0.3 is 0 Å². The van der Waals surface area contributed by atoms with Gasteiger partial charge < -0.3 is 11.1 Å². The Morgan fingerprint density at radius 2 is 1.71 bits per heavy atom. The molecule has 0 rings (SSSR count). The molecule has 1 unspecified atom stereocenters. The predicted molar refractivity (Wildman–Crippen MR) is 64.5 cm³/mol. The lowest BCUT2D eigenvalue weighted by Crippen LogP contribution is -2.34. The molecule has 0 aliphatic rings.